The van der Waals surface area contributed by atoms with Crippen LogP contribution in [0.15, 0.2) is 42.5 Å². The molecule has 11 heteroatoms. The first-order valence-electron chi connectivity index (χ1n) is 10.5. The first kappa shape index (κ1) is 25.6. The van der Waals surface area contributed by atoms with Crippen LogP contribution in [0.4, 0.5) is 17.6 Å². The highest BCUT2D eigenvalue weighted by atomic mass is 19.4. The lowest BCUT2D eigenvalue weighted by Crippen LogP contribution is -2.39. The van der Waals surface area contributed by atoms with E-state index in [4.69, 9.17) is 10.7 Å². The Morgan fingerprint density at radius 3 is 2.31 bits per heavy atom. The maximum absolute atomic E-state index is 14.7. The van der Waals surface area contributed by atoms with Gasteiger partial charge in [-0.3, -0.25) is 14.4 Å². The molecule has 0 spiro atoms. The number of nitrogens with zero attached hydrogens (tertiary/aromatic N) is 1. The van der Waals surface area contributed by atoms with Gasteiger partial charge in [-0.2, -0.15) is 18.4 Å². The predicted molar refractivity (Wildman–Crippen MR) is 116 cm³/mol. The van der Waals surface area contributed by atoms with Gasteiger partial charge in [0, 0.05) is 23.9 Å². The van der Waals surface area contributed by atoms with Crippen molar-refractivity contribution < 1.29 is 31.9 Å². The fraction of sp³-hybridized carbons (Fsp3) is 0.292. The predicted octanol–water partition coefficient (Wildman–Crippen LogP) is 3.42. The summed E-state index contributed by atoms with van der Waals surface area (Å²) in [5, 5.41) is 21.1. The van der Waals surface area contributed by atoms with Crippen molar-refractivity contribution in [2.45, 2.75) is 37.4 Å². The molecule has 2 aromatic carbocycles. The van der Waals surface area contributed by atoms with Crippen LogP contribution in [-0.4, -0.2) is 29.9 Å². The van der Waals surface area contributed by atoms with Gasteiger partial charge in [-0.1, -0.05) is 36.4 Å². The largest absolute Gasteiger partial charge is 0.419 e. The van der Waals surface area contributed by atoms with Crippen molar-refractivity contribution in [3.63, 3.8) is 0 Å². The summed E-state index contributed by atoms with van der Waals surface area (Å²) >= 11 is 0. The van der Waals surface area contributed by atoms with E-state index in [1.165, 1.54) is 24.3 Å². The molecule has 2 amide bonds. The average molecular weight is 488 g/mol. The van der Waals surface area contributed by atoms with E-state index in [2.05, 4.69) is 10.6 Å². The van der Waals surface area contributed by atoms with Gasteiger partial charge in [0.15, 0.2) is 0 Å². The topological polar surface area (TPSA) is 123 Å². The summed E-state index contributed by atoms with van der Waals surface area (Å²) < 4.78 is 54.1. The molecule has 1 aliphatic carbocycles. The van der Waals surface area contributed by atoms with E-state index in [1.807, 2.05) is 0 Å². The lowest BCUT2D eigenvalue weighted by atomic mass is 9.86. The molecule has 0 radical (unpaired) electrons. The number of carbonyl (C=O) groups is 3. The molecule has 0 aromatic heterocycles. The van der Waals surface area contributed by atoms with E-state index in [9.17, 15) is 31.9 Å². The molecule has 0 heterocycles. The lowest BCUT2D eigenvalue weighted by molar-refractivity contribution is -0.140. The van der Waals surface area contributed by atoms with Crippen molar-refractivity contribution in [2.75, 3.05) is 6.54 Å². The van der Waals surface area contributed by atoms with Crippen molar-refractivity contribution in [1.29, 1.82) is 10.7 Å². The van der Waals surface area contributed by atoms with Gasteiger partial charge in [-0.15, -0.1) is 0 Å². The third kappa shape index (κ3) is 5.71. The Morgan fingerprint density at radius 2 is 1.69 bits per heavy atom. The second-order valence-electron chi connectivity index (χ2n) is 8.11. The van der Waals surface area contributed by atoms with Crippen LogP contribution in [0, 0.1) is 22.6 Å². The molecule has 0 unspecified atom stereocenters. The average Bonchev–Trinajstić information content (AvgIpc) is 3.60. The second-order valence-corrected chi connectivity index (χ2v) is 8.11. The van der Waals surface area contributed by atoms with Gasteiger partial charge in [0.25, 0.3) is 0 Å². The number of hydrogen-bond donors (Lipinski definition) is 3. The summed E-state index contributed by atoms with van der Waals surface area (Å²) in [5.41, 5.74) is -2.67. The molecule has 0 saturated heterocycles. The summed E-state index contributed by atoms with van der Waals surface area (Å²) in [6.07, 6.45) is -4.46. The summed E-state index contributed by atoms with van der Waals surface area (Å²) in [4.78, 5) is 36.4. The Labute approximate surface area is 197 Å². The Kier molecular flexibility index (Phi) is 7.34. The van der Waals surface area contributed by atoms with Crippen LogP contribution < -0.4 is 10.6 Å². The third-order valence-electron chi connectivity index (χ3n) is 5.75. The lowest BCUT2D eigenvalue weighted by Gasteiger charge is -2.19. The van der Waals surface area contributed by atoms with Gasteiger partial charge in [0.2, 0.25) is 5.78 Å². The van der Waals surface area contributed by atoms with Gasteiger partial charge in [0.1, 0.15) is 12.4 Å². The van der Waals surface area contributed by atoms with Crippen LogP contribution in [-0.2, 0) is 27.7 Å². The number of amides is 2. The molecule has 1 saturated carbocycles. The quantitative estimate of drug-likeness (QED) is 0.173. The third-order valence-corrected chi connectivity index (χ3v) is 5.75. The number of ketones is 1. The van der Waals surface area contributed by atoms with Crippen LogP contribution in [0.3, 0.4) is 0 Å². The van der Waals surface area contributed by atoms with E-state index < -0.39 is 46.3 Å². The normalized spacial score (nSPS) is 13.9. The number of rotatable bonds is 8. The summed E-state index contributed by atoms with van der Waals surface area (Å²) in [5.74, 6) is -4.16. The standard InChI is InChI=1S/C24H20F4N4O3/c25-19-16(6-3-7-17(19)24(26,27)28)23(8-9-23)12-18(30)20(33)15-5-2-1-4-14(15)13-32-22(35)21(34)31-11-10-29/h1-7,30H,8-9,11-13H2,(H,31,34)(H,32,35). The minimum absolute atomic E-state index is 0.0653. The zero-order valence-corrected chi connectivity index (χ0v) is 18.3. The first-order valence-corrected chi connectivity index (χ1v) is 10.5. The monoisotopic (exact) mass is 488 g/mol. The number of nitriles is 1. The van der Waals surface area contributed by atoms with Gasteiger partial charge in [0.05, 0.1) is 17.3 Å². The summed E-state index contributed by atoms with van der Waals surface area (Å²) in [7, 11) is 0. The number of nitrogens with one attached hydrogen (secondary N) is 3. The van der Waals surface area contributed by atoms with Crippen LogP contribution in [0.2, 0.25) is 0 Å². The molecule has 3 N–H and O–H groups in total. The Hall–Kier alpha value is -4.07. The molecule has 3 rings (SSSR count). The number of Topliss-reactive ketones (excluding diaryl/α,β-unsaturated/α-hetero) is 1. The van der Waals surface area contributed by atoms with E-state index in [0.717, 1.165) is 6.07 Å². The van der Waals surface area contributed by atoms with Crippen molar-refractivity contribution in [2.24, 2.45) is 0 Å². The highest BCUT2D eigenvalue weighted by molar-refractivity contribution is 6.45. The van der Waals surface area contributed by atoms with Crippen molar-refractivity contribution in [3.8, 4) is 6.07 Å². The van der Waals surface area contributed by atoms with Gasteiger partial charge >= 0.3 is 18.0 Å². The maximum atomic E-state index is 14.7. The molecule has 35 heavy (non-hydrogen) atoms. The number of benzene rings is 2. The molecular formula is C24H20F4N4O3. The van der Waals surface area contributed by atoms with Crippen LogP contribution in [0.25, 0.3) is 0 Å². The minimum Gasteiger partial charge on any atom is -0.344 e. The van der Waals surface area contributed by atoms with Crippen molar-refractivity contribution in [1.82, 2.24) is 10.6 Å². The van der Waals surface area contributed by atoms with Crippen molar-refractivity contribution >= 4 is 23.3 Å². The Morgan fingerprint density at radius 1 is 1.03 bits per heavy atom. The molecule has 1 aliphatic rings. The second kappa shape index (κ2) is 10.0. The fourth-order valence-corrected chi connectivity index (χ4v) is 3.79. The van der Waals surface area contributed by atoms with Crippen LogP contribution in [0.5, 0.6) is 0 Å². The highest BCUT2D eigenvalue weighted by Gasteiger charge is 2.49. The number of carbonyl (C=O) groups excluding carboxylic acids is 3. The molecule has 0 aliphatic heterocycles. The van der Waals surface area contributed by atoms with Crippen LogP contribution in [0.1, 0.15) is 46.3 Å². The summed E-state index contributed by atoms with van der Waals surface area (Å²) in [6, 6.07) is 10.7. The first-order chi connectivity index (χ1) is 16.5. The van der Waals surface area contributed by atoms with Gasteiger partial charge < -0.3 is 16.0 Å². The number of hydrogen-bond acceptors (Lipinski definition) is 5. The van der Waals surface area contributed by atoms with E-state index >= 15 is 0 Å². The molecule has 2 aromatic rings. The SMILES string of the molecule is N#CCNC(=O)C(=O)NCc1ccccc1C(=O)C(=N)CC1(c2cccc(C(F)(F)F)c2F)CC1. The Bertz CT molecular complexity index is 1230. The maximum Gasteiger partial charge on any atom is 0.419 e. The fourth-order valence-electron chi connectivity index (χ4n) is 3.79. The zero-order valence-electron chi connectivity index (χ0n) is 18.3. The molecule has 0 bridgehead atoms. The number of halogens is 4. The van der Waals surface area contributed by atoms with Gasteiger partial charge in [-0.25, -0.2) is 4.39 Å². The van der Waals surface area contributed by atoms with Gasteiger partial charge in [-0.05, 0) is 30.0 Å². The smallest absolute Gasteiger partial charge is 0.344 e. The van der Waals surface area contributed by atoms with E-state index in [1.54, 1.807) is 12.1 Å². The van der Waals surface area contributed by atoms with E-state index in [0.29, 0.717) is 24.5 Å². The summed E-state index contributed by atoms with van der Waals surface area (Å²) in [6.45, 7) is -0.575. The molecule has 182 valence electrons. The molecular weight excluding hydrogens is 468 g/mol. The molecule has 7 nitrogen and oxygen atoms in total. The zero-order chi connectivity index (χ0) is 25.8. The van der Waals surface area contributed by atoms with Crippen LogP contribution >= 0.6 is 0 Å². The van der Waals surface area contributed by atoms with Crippen molar-refractivity contribution in [3.05, 3.63) is 70.5 Å². The highest BCUT2D eigenvalue weighted by Crippen LogP contribution is 2.53. The van der Waals surface area contributed by atoms with E-state index in [-0.39, 0.29) is 30.6 Å². The molecule has 1 fully saturated rings. The Balaban J connectivity index is 1.75. The molecule has 0 atom stereocenters. The minimum atomic E-state index is -4.87. The number of alkyl halides is 3.